The number of hydrogen-bond donors (Lipinski definition) is 0. The zero-order valence-electron chi connectivity index (χ0n) is 62.2. The predicted molar refractivity (Wildman–Crippen MR) is 472 cm³/mol. The van der Waals surface area contributed by atoms with Gasteiger partial charge in [-0.1, -0.05) is 201 Å². The Labute approximate surface area is 664 Å². The standard InChI is InChI=1S/C103H59B2N11/c1-57-23-17-38-76-96-84(57)89-72-37-22-49-110-101(72)111(64-29-9-4-10-30-64)103(89)116(96)83-56-62(78-41-13-15-46-106-78)53-80-91(83)104(76)74-39-19-34-69-87-73-52-61(43-44-68(73)86(59-26-7-3-8-27-59)98(87)113(80)94(69)74)60-28-18-31-65(51-60)112-100-71(36-21-48-109-100)88-70-35-20-40-75-95(70)115(102(88)112)82-55-63(79-42-14-16-47-107-79)54-81-92(82)105(75)77-45-50-108-93-90-67-33-12-11-32-66(67)85(58-24-5-2-6-25-58)99(90)114(81)97(77)93/h2-56,85-86H,1H2. The molecule has 532 valence electrons. The zero-order valence-corrected chi connectivity index (χ0v) is 62.2. The van der Waals surface area contributed by atoms with Crippen LogP contribution in [0.25, 0.3) is 178 Å². The van der Waals surface area contributed by atoms with Gasteiger partial charge in [0, 0.05) is 142 Å². The second-order valence-electron chi connectivity index (χ2n) is 32.1. The summed E-state index contributed by atoms with van der Waals surface area (Å²) in [5, 5.41) is 6.92. The van der Waals surface area contributed by atoms with E-state index in [2.05, 4.69) is 325 Å². The van der Waals surface area contributed by atoms with Gasteiger partial charge in [-0.3, -0.25) is 33.2 Å². The lowest BCUT2D eigenvalue weighted by atomic mass is 9.33. The smallest absolute Gasteiger partial charge is 0.252 e. The third-order valence-electron chi connectivity index (χ3n) is 26.7. The third kappa shape index (κ3) is 7.59. The van der Waals surface area contributed by atoms with Gasteiger partial charge in [-0.25, -0.2) is 9.97 Å². The lowest BCUT2D eigenvalue weighted by molar-refractivity contribution is 0.903. The monoisotopic (exact) mass is 1470 g/mol. The molecule has 0 N–H and O–H groups in total. The van der Waals surface area contributed by atoms with Gasteiger partial charge in [0.05, 0.1) is 45.5 Å². The lowest BCUT2D eigenvalue weighted by Crippen LogP contribution is -2.59. The molecule has 0 fully saturated rings. The van der Waals surface area contributed by atoms with E-state index in [0.29, 0.717) is 0 Å². The first-order valence-corrected chi connectivity index (χ1v) is 40.0. The molecule has 7 aliphatic rings. The van der Waals surface area contributed by atoms with Crippen molar-refractivity contribution in [2.75, 3.05) is 0 Å². The number of benzene rings is 10. The number of hydrogen-bond acceptors (Lipinski definition) is 5. The van der Waals surface area contributed by atoms with Crippen LogP contribution in [0.4, 0.5) is 0 Å². The predicted octanol–water partition coefficient (Wildman–Crippen LogP) is 19.4. The Morgan fingerprint density at radius 1 is 0.336 bits per heavy atom. The number of pyridine rings is 5. The SMILES string of the molecule is C=C1C=CC=C2B3c4c(cc(-c5ccccn5)cc4-n4c2c1c1c2cccnc2n(-c2ccccc2)c14)-n1c2c(c4cccc3c41)-c1cc(-c3cccc(-n4c5ncccc5c5c6cccc7c6n(c54)-c4cc(-c5ccccn5)cc5c4B7c4ccnc6c7c(n-5c46)C(c4ccccc4)c4ccccc4-7)c3)ccc1C2c1ccccc1. The minimum atomic E-state index is -0.142. The molecule has 13 heteroatoms. The normalized spacial score (nSPS) is 15.1. The van der Waals surface area contributed by atoms with E-state index in [9.17, 15) is 0 Å². The highest BCUT2D eigenvalue weighted by Gasteiger charge is 2.50. The number of nitrogens with zero attached hydrogens (tertiary/aromatic N) is 11. The molecule has 0 bridgehead atoms. The van der Waals surface area contributed by atoms with Crippen molar-refractivity contribution in [1.82, 2.24) is 52.3 Å². The van der Waals surface area contributed by atoms with Gasteiger partial charge in [0.15, 0.2) is 0 Å². The number of fused-ring (bicyclic) bond motifs is 28. The molecule has 0 saturated heterocycles. The summed E-state index contributed by atoms with van der Waals surface area (Å²) in [6.45, 7) is 4.65. The average Bonchev–Trinajstić information content (AvgIpc) is 1.48. The van der Waals surface area contributed by atoms with Gasteiger partial charge in [-0.2, -0.15) is 0 Å². The van der Waals surface area contributed by atoms with Crippen molar-refractivity contribution < 1.29 is 0 Å². The van der Waals surface area contributed by atoms with Crippen molar-refractivity contribution in [3.63, 3.8) is 0 Å². The molecule has 0 radical (unpaired) electrons. The van der Waals surface area contributed by atoms with Crippen LogP contribution in [0.3, 0.4) is 0 Å². The Balaban J connectivity index is 0.674. The van der Waals surface area contributed by atoms with Crippen LogP contribution in [0.1, 0.15) is 56.7 Å². The lowest BCUT2D eigenvalue weighted by Gasteiger charge is -2.36. The molecule has 2 atom stereocenters. The Hall–Kier alpha value is -15.2. The van der Waals surface area contributed by atoms with Crippen LogP contribution >= 0.6 is 0 Å². The van der Waals surface area contributed by atoms with Gasteiger partial charge in [0.2, 0.25) is 0 Å². The third-order valence-corrected chi connectivity index (χ3v) is 26.7. The highest BCUT2D eigenvalue weighted by atomic mass is 15.2. The van der Waals surface area contributed by atoms with E-state index in [1.807, 2.05) is 36.9 Å². The van der Waals surface area contributed by atoms with Gasteiger partial charge in [-0.05, 0) is 192 Å². The maximum atomic E-state index is 5.42. The molecule has 0 spiro atoms. The van der Waals surface area contributed by atoms with Crippen LogP contribution in [0.5, 0.6) is 0 Å². The summed E-state index contributed by atoms with van der Waals surface area (Å²) < 4.78 is 15.3. The van der Waals surface area contributed by atoms with Gasteiger partial charge >= 0.3 is 0 Å². The summed E-state index contributed by atoms with van der Waals surface area (Å²) in [5.41, 5.74) is 44.6. The van der Waals surface area contributed by atoms with E-state index >= 15 is 0 Å². The summed E-state index contributed by atoms with van der Waals surface area (Å²) in [4.78, 5) is 26.3. The van der Waals surface area contributed by atoms with E-state index < -0.39 is 0 Å². The molecule has 11 nitrogen and oxygen atoms in total. The second-order valence-corrected chi connectivity index (χ2v) is 32.1. The fourth-order valence-electron chi connectivity index (χ4n) is 22.5. The van der Waals surface area contributed by atoms with Crippen LogP contribution in [0, 0.1) is 0 Å². The minimum Gasteiger partial charge on any atom is -0.313 e. The summed E-state index contributed by atoms with van der Waals surface area (Å²) >= 11 is 0. The Morgan fingerprint density at radius 2 is 0.879 bits per heavy atom. The maximum Gasteiger partial charge on any atom is 0.252 e. The van der Waals surface area contributed by atoms with Gasteiger partial charge < -0.3 is 9.13 Å². The molecule has 0 saturated carbocycles. The first-order valence-electron chi connectivity index (χ1n) is 40.0. The van der Waals surface area contributed by atoms with Crippen LogP contribution < -0.4 is 27.3 Å². The Bertz CT molecular complexity index is 8180. The molecule has 28 rings (SSSR count). The first kappa shape index (κ1) is 61.5. The molecular formula is C103H59B2N11. The molecule has 21 aromatic rings. The van der Waals surface area contributed by atoms with E-state index in [1.165, 1.54) is 121 Å². The molecule has 4 aliphatic heterocycles. The van der Waals surface area contributed by atoms with E-state index in [-0.39, 0.29) is 25.3 Å². The molecule has 15 heterocycles. The van der Waals surface area contributed by atoms with E-state index in [4.69, 9.17) is 31.5 Å². The van der Waals surface area contributed by atoms with Crippen molar-refractivity contribution in [3.8, 4) is 90.0 Å². The molecule has 11 aromatic heterocycles. The van der Waals surface area contributed by atoms with Crippen molar-refractivity contribution in [2.45, 2.75) is 11.8 Å². The summed E-state index contributed by atoms with van der Waals surface area (Å²) in [6, 6.07) is 106. The van der Waals surface area contributed by atoms with Crippen LogP contribution in [0.15, 0.2) is 341 Å². The minimum absolute atomic E-state index is 0.0346. The first-order chi connectivity index (χ1) is 57.6. The van der Waals surface area contributed by atoms with E-state index in [1.54, 1.807) is 0 Å². The molecule has 0 amide bonds. The average molecular weight is 1470 g/mol. The Kier molecular flexibility index (Phi) is 11.7. The largest absolute Gasteiger partial charge is 0.313 e. The van der Waals surface area contributed by atoms with Crippen LogP contribution in [0.2, 0.25) is 0 Å². The van der Waals surface area contributed by atoms with Crippen molar-refractivity contribution >= 4 is 129 Å². The molecule has 2 unspecified atom stereocenters. The van der Waals surface area contributed by atoms with Gasteiger partial charge in [0.25, 0.3) is 13.4 Å². The fraction of sp³-hybridized carbons (Fsp3) is 0.0194. The van der Waals surface area contributed by atoms with Crippen molar-refractivity contribution in [3.05, 3.63) is 386 Å². The Morgan fingerprint density at radius 3 is 1.59 bits per heavy atom. The van der Waals surface area contributed by atoms with Crippen LogP contribution in [-0.2, 0) is 0 Å². The number of aromatic nitrogens is 11. The topological polar surface area (TPSA) is 94.0 Å². The molecular weight excluding hydrogens is 1410 g/mol. The fourth-order valence-corrected chi connectivity index (χ4v) is 22.5. The molecule has 10 aromatic carbocycles. The number of allylic oxidation sites excluding steroid dienone is 4. The molecule has 116 heavy (non-hydrogen) atoms. The highest BCUT2D eigenvalue weighted by Crippen LogP contribution is 2.58. The van der Waals surface area contributed by atoms with Crippen LogP contribution in [-0.4, -0.2) is 65.7 Å². The summed E-state index contributed by atoms with van der Waals surface area (Å²) in [5.74, 6) is -0.159. The summed E-state index contributed by atoms with van der Waals surface area (Å²) in [6.07, 6.45) is 16.6. The van der Waals surface area contributed by atoms with Gasteiger partial charge in [0.1, 0.15) is 22.6 Å². The van der Waals surface area contributed by atoms with Crippen molar-refractivity contribution in [1.29, 1.82) is 0 Å². The number of rotatable bonds is 7. The van der Waals surface area contributed by atoms with Gasteiger partial charge in [-0.15, -0.1) is 0 Å². The molecule has 3 aliphatic carbocycles. The van der Waals surface area contributed by atoms with Crippen molar-refractivity contribution in [2.24, 2.45) is 0 Å². The summed E-state index contributed by atoms with van der Waals surface area (Å²) in [7, 11) is 0. The quantitative estimate of drug-likeness (QED) is 0.148. The number of para-hydroxylation sites is 3. The van der Waals surface area contributed by atoms with E-state index in [0.717, 1.165) is 129 Å². The second kappa shape index (κ2) is 22.1. The zero-order chi connectivity index (χ0) is 75.2. The maximum absolute atomic E-state index is 5.42. The highest BCUT2D eigenvalue weighted by molar-refractivity contribution is 7.03.